The second kappa shape index (κ2) is 9.19. The molecule has 1 fully saturated rings. The van der Waals surface area contributed by atoms with Crippen molar-refractivity contribution >= 4 is 22.8 Å². The van der Waals surface area contributed by atoms with Gasteiger partial charge in [0.25, 0.3) is 0 Å². The summed E-state index contributed by atoms with van der Waals surface area (Å²) in [4.78, 5) is 24.3. The van der Waals surface area contributed by atoms with E-state index in [-0.39, 0.29) is 17.9 Å². The van der Waals surface area contributed by atoms with Crippen molar-refractivity contribution < 1.29 is 14.3 Å². The number of aryl methyl sites for hydroxylation is 1. The number of aromatic nitrogens is 2. The smallest absolute Gasteiger partial charge is 0.226 e. The third-order valence-corrected chi connectivity index (χ3v) is 5.36. The summed E-state index contributed by atoms with van der Waals surface area (Å²) in [6.07, 6.45) is 2.68. The minimum Gasteiger partial charge on any atom is -0.497 e. The molecule has 0 saturated carbocycles. The first-order chi connectivity index (χ1) is 13.5. The Bertz CT molecular complexity index is 827. The van der Waals surface area contributed by atoms with Gasteiger partial charge >= 0.3 is 0 Å². The van der Waals surface area contributed by atoms with Crippen LogP contribution in [0.25, 0.3) is 10.9 Å². The number of carbonyl (C=O) groups is 1. The van der Waals surface area contributed by atoms with Crippen LogP contribution < -0.4 is 15.0 Å². The Kier molecular flexibility index (Phi) is 6.67. The molecule has 0 aliphatic carbocycles. The summed E-state index contributed by atoms with van der Waals surface area (Å²) in [5.41, 5.74) is 1.79. The Balaban J connectivity index is 1.77. The van der Waals surface area contributed by atoms with Crippen molar-refractivity contribution in [1.29, 1.82) is 0 Å². The molecular formula is C21H30N4O3. The number of nitrogens with zero attached hydrogens (tertiary/aromatic N) is 3. The van der Waals surface area contributed by atoms with Crippen molar-refractivity contribution in [3.8, 4) is 5.75 Å². The predicted molar refractivity (Wildman–Crippen MR) is 110 cm³/mol. The molecule has 0 radical (unpaired) electrons. The van der Waals surface area contributed by atoms with Crippen molar-refractivity contribution in [3.63, 3.8) is 0 Å². The number of methoxy groups -OCH3 is 2. The van der Waals surface area contributed by atoms with Crippen molar-refractivity contribution in [3.05, 3.63) is 23.9 Å². The summed E-state index contributed by atoms with van der Waals surface area (Å²) in [6, 6.07) is 5.89. The molecule has 1 aliphatic heterocycles. The van der Waals surface area contributed by atoms with E-state index < -0.39 is 0 Å². The minimum atomic E-state index is -0.0652. The van der Waals surface area contributed by atoms with Crippen molar-refractivity contribution in [1.82, 2.24) is 15.3 Å². The first-order valence-electron chi connectivity index (χ1n) is 9.92. The molecule has 1 aromatic heterocycles. The highest BCUT2D eigenvalue weighted by Crippen LogP contribution is 2.26. The molecule has 1 saturated heterocycles. The molecule has 2 heterocycles. The SMILES string of the molecule is CC[C@H](COC)NC(=O)[C@H]1CCCN(c2nc(C)c3ccc(OC)cc3n2)C1. The average Bonchev–Trinajstić information content (AvgIpc) is 2.72. The number of hydrogen-bond donors (Lipinski definition) is 1. The van der Waals surface area contributed by atoms with E-state index in [1.54, 1.807) is 14.2 Å². The number of piperidine rings is 1. The van der Waals surface area contributed by atoms with E-state index in [1.807, 2.05) is 25.1 Å². The van der Waals surface area contributed by atoms with Gasteiger partial charge in [0.1, 0.15) is 5.75 Å². The van der Waals surface area contributed by atoms with Gasteiger partial charge in [-0.1, -0.05) is 6.92 Å². The maximum atomic E-state index is 12.7. The molecule has 1 aromatic carbocycles. The lowest BCUT2D eigenvalue weighted by molar-refractivity contribution is -0.126. The Morgan fingerprint density at radius 3 is 2.89 bits per heavy atom. The van der Waals surface area contributed by atoms with E-state index in [4.69, 9.17) is 19.4 Å². The van der Waals surface area contributed by atoms with Gasteiger partial charge in [-0.15, -0.1) is 0 Å². The Labute approximate surface area is 166 Å². The first-order valence-corrected chi connectivity index (χ1v) is 9.92. The van der Waals surface area contributed by atoms with Crippen LogP contribution in [0.3, 0.4) is 0 Å². The standard InChI is InChI=1S/C21H30N4O3/c1-5-16(13-27-3)23-20(26)15-7-6-10-25(12-15)21-22-14(2)18-9-8-17(28-4)11-19(18)24-21/h8-9,11,15-16H,5-7,10,12-13H2,1-4H3,(H,23,26)/t15-,16+/m0/s1. The van der Waals surface area contributed by atoms with Crippen LogP contribution in [0.15, 0.2) is 18.2 Å². The summed E-state index contributed by atoms with van der Waals surface area (Å²) in [5, 5.41) is 4.13. The van der Waals surface area contributed by atoms with Gasteiger partial charge in [-0.25, -0.2) is 9.97 Å². The van der Waals surface area contributed by atoms with Crippen LogP contribution >= 0.6 is 0 Å². The van der Waals surface area contributed by atoms with Crippen molar-refractivity contribution in [2.75, 3.05) is 38.8 Å². The number of hydrogen-bond acceptors (Lipinski definition) is 6. The van der Waals surface area contributed by atoms with Gasteiger partial charge < -0.3 is 19.7 Å². The summed E-state index contributed by atoms with van der Waals surface area (Å²) >= 11 is 0. The van der Waals surface area contributed by atoms with Crippen LogP contribution in [0.4, 0.5) is 5.95 Å². The van der Waals surface area contributed by atoms with Crippen LogP contribution in [-0.2, 0) is 9.53 Å². The summed E-state index contributed by atoms with van der Waals surface area (Å²) in [6.45, 7) is 6.06. The van der Waals surface area contributed by atoms with Gasteiger partial charge in [-0.05, 0) is 38.3 Å². The van der Waals surface area contributed by atoms with E-state index in [0.717, 1.165) is 48.2 Å². The van der Waals surface area contributed by atoms with Gasteiger partial charge in [-0.2, -0.15) is 0 Å². The summed E-state index contributed by atoms with van der Waals surface area (Å²) < 4.78 is 10.5. The van der Waals surface area contributed by atoms with Crippen molar-refractivity contribution in [2.45, 2.75) is 39.2 Å². The fourth-order valence-corrected chi connectivity index (χ4v) is 3.68. The molecule has 152 valence electrons. The van der Waals surface area contributed by atoms with Crippen molar-refractivity contribution in [2.24, 2.45) is 5.92 Å². The second-order valence-electron chi connectivity index (χ2n) is 7.35. The van der Waals surface area contributed by atoms with Gasteiger partial charge in [0.15, 0.2) is 0 Å². The molecular weight excluding hydrogens is 356 g/mol. The lowest BCUT2D eigenvalue weighted by Gasteiger charge is -2.33. The lowest BCUT2D eigenvalue weighted by Crippen LogP contribution is -2.47. The lowest BCUT2D eigenvalue weighted by atomic mass is 9.97. The third kappa shape index (κ3) is 4.52. The molecule has 1 aliphatic rings. The molecule has 3 rings (SSSR count). The monoisotopic (exact) mass is 386 g/mol. The van der Waals surface area contributed by atoms with Crippen LogP contribution in [0, 0.1) is 12.8 Å². The number of ether oxygens (including phenoxy) is 2. The molecule has 2 atom stereocenters. The Morgan fingerprint density at radius 1 is 1.36 bits per heavy atom. The zero-order valence-corrected chi connectivity index (χ0v) is 17.2. The normalized spacial score (nSPS) is 18.1. The molecule has 1 N–H and O–H groups in total. The highest BCUT2D eigenvalue weighted by Gasteiger charge is 2.28. The maximum absolute atomic E-state index is 12.7. The number of amides is 1. The quantitative estimate of drug-likeness (QED) is 0.788. The van der Waals surface area contributed by atoms with Gasteiger partial charge in [-0.3, -0.25) is 4.79 Å². The number of fused-ring (bicyclic) bond motifs is 1. The molecule has 1 amide bonds. The topological polar surface area (TPSA) is 76.6 Å². The average molecular weight is 386 g/mol. The number of carbonyl (C=O) groups excluding carboxylic acids is 1. The predicted octanol–water partition coefficient (Wildman–Crippen LogP) is 2.70. The maximum Gasteiger partial charge on any atom is 0.226 e. The van der Waals surface area contributed by atoms with Crippen LogP contribution in [-0.4, -0.2) is 55.8 Å². The van der Waals surface area contributed by atoms with E-state index in [1.165, 1.54) is 0 Å². The molecule has 2 aromatic rings. The summed E-state index contributed by atoms with van der Waals surface area (Å²) in [5.74, 6) is 1.48. The number of rotatable bonds is 7. The Morgan fingerprint density at radius 2 is 2.18 bits per heavy atom. The first kappa shape index (κ1) is 20.3. The molecule has 0 unspecified atom stereocenters. The molecule has 28 heavy (non-hydrogen) atoms. The van der Waals surface area contributed by atoms with Gasteiger partial charge in [0.05, 0.1) is 36.9 Å². The summed E-state index contributed by atoms with van der Waals surface area (Å²) in [7, 11) is 3.31. The number of anilines is 1. The number of nitrogens with one attached hydrogen (secondary N) is 1. The molecule has 0 bridgehead atoms. The largest absolute Gasteiger partial charge is 0.497 e. The fourth-order valence-electron chi connectivity index (χ4n) is 3.68. The highest BCUT2D eigenvalue weighted by atomic mass is 16.5. The fraction of sp³-hybridized carbons (Fsp3) is 0.571. The van der Waals surface area contributed by atoms with Gasteiger partial charge in [0.2, 0.25) is 11.9 Å². The molecule has 7 nitrogen and oxygen atoms in total. The van der Waals surface area contributed by atoms with Crippen LogP contribution in [0.1, 0.15) is 31.9 Å². The number of benzene rings is 1. The zero-order valence-electron chi connectivity index (χ0n) is 17.2. The third-order valence-electron chi connectivity index (χ3n) is 5.36. The second-order valence-corrected chi connectivity index (χ2v) is 7.35. The molecule has 0 spiro atoms. The zero-order chi connectivity index (χ0) is 20.1. The van der Waals surface area contributed by atoms with Crippen LogP contribution in [0.2, 0.25) is 0 Å². The van der Waals surface area contributed by atoms with E-state index in [9.17, 15) is 4.79 Å². The van der Waals surface area contributed by atoms with E-state index in [0.29, 0.717) is 19.1 Å². The van der Waals surface area contributed by atoms with E-state index in [2.05, 4.69) is 17.1 Å². The molecule has 7 heteroatoms. The Hall–Kier alpha value is -2.41. The van der Waals surface area contributed by atoms with Crippen LogP contribution in [0.5, 0.6) is 5.75 Å². The van der Waals surface area contributed by atoms with E-state index >= 15 is 0 Å². The van der Waals surface area contributed by atoms with Gasteiger partial charge in [0, 0.05) is 31.7 Å². The highest BCUT2D eigenvalue weighted by molar-refractivity contribution is 5.83. The minimum absolute atomic E-state index is 0.0551.